The molecule has 2 saturated carbocycles. The number of fused-ring (bicyclic) bond motifs is 2. The maximum Gasteiger partial charge on any atom is 0.243 e. The Kier molecular flexibility index (Phi) is 9.62. The second-order valence-electron chi connectivity index (χ2n) is 10.5. The van der Waals surface area contributed by atoms with Gasteiger partial charge in [-0.1, -0.05) is 42.6 Å². The topological polar surface area (TPSA) is 49.9 Å². The van der Waals surface area contributed by atoms with Crippen LogP contribution < -0.4 is 4.74 Å². The third-order valence-electron chi connectivity index (χ3n) is 8.11. The molecule has 2 aliphatic carbocycles. The van der Waals surface area contributed by atoms with Crippen molar-refractivity contribution >= 4 is 34.0 Å². The van der Waals surface area contributed by atoms with Crippen molar-refractivity contribution in [2.24, 2.45) is 11.8 Å². The minimum atomic E-state index is -3.67. The number of halogens is 2. The van der Waals surface area contributed by atoms with Crippen molar-refractivity contribution in [3.63, 3.8) is 0 Å². The second kappa shape index (κ2) is 12.5. The van der Waals surface area contributed by atoms with Crippen LogP contribution in [0.1, 0.15) is 56.9 Å². The fraction of sp³-hybridized carbons (Fsp3) is 0.571. The van der Waals surface area contributed by atoms with Crippen LogP contribution in [0.25, 0.3) is 0 Å². The van der Waals surface area contributed by atoms with Gasteiger partial charge in [-0.2, -0.15) is 4.31 Å². The number of piperidine rings is 1. The normalized spacial score (nSPS) is 24.1. The quantitative estimate of drug-likeness (QED) is 0.320. The van der Waals surface area contributed by atoms with Crippen LogP contribution in [0.2, 0.25) is 5.02 Å². The molecule has 0 N–H and O–H groups in total. The molecule has 2 aromatic rings. The molecule has 198 valence electrons. The molecule has 8 heteroatoms. The Morgan fingerprint density at radius 2 is 1.72 bits per heavy atom. The minimum absolute atomic E-state index is 0. The highest BCUT2D eigenvalue weighted by Gasteiger charge is 2.46. The summed E-state index contributed by atoms with van der Waals surface area (Å²) < 4.78 is 35.8. The van der Waals surface area contributed by atoms with Gasteiger partial charge < -0.3 is 9.64 Å². The molecule has 36 heavy (non-hydrogen) atoms. The molecule has 0 radical (unpaired) electrons. The van der Waals surface area contributed by atoms with Gasteiger partial charge in [0.15, 0.2) is 0 Å². The Morgan fingerprint density at radius 3 is 2.42 bits per heavy atom. The largest absolute Gasteiger partial charge is 0.493 e. The van der Waals surface area contributed by atoms with Crippen LogP contribution in [-0.4, -0.2) is 49.9 Å². The standard InChI is InChI=1S/C28H37ClN2O3S.ClH/c29-25-11-13-26(14-12-25)35(32,33)31(27-20-22-9-10-23(27)19-22)21-24-7-2-3-8-28(24)34-18-6-17-30-15-4-1-5-16-30;/h2-3,7-8,11-14,22-23,27H,1,4-6,9-10,15-21H2;1H/t22?,23?,27-;/m0./s1. The van der Waals surface area contributed by atoms with E-state index >= 15 is 0 Å². The Balaban J connectivity index is 0.00000304. The van der Waals surface area contributed by atoms with Crippen molar-refractivity contribution in [2.45, 2.75) is 68.8 Å². The molecule has 2 unspecified atom stereocenters. The maximum atomic E-state index is 13.9. The molecule has 5 nitrogen and oxygen atoms in total. The van der Waals surface area contributed by atoms with Crippen molar-refractivity contribution < 1.29 is 13.2 Å². The van der Waals surface area contributed by atoms with Crippen molar-refractivity contribution in [2.75, 3.05) is 26.2 Å². The van der Waals surface area contributed by atoms with Crippen molar-refractivity contribution in [1.82, 2.24) is 9.21 Å². The molecular formula is C28H38Cl2N2O3S. The third kappa shape index (κ3) is 6.39. The van der Waals surface area contributed by atoms with E-state index in [1.807, 2.05) is 24.3 Å². The van der Waals surface area contributed by atoms with Crippen LogP contribution in [0.5, 0.6) is 5.75 Å². The first-order valence-corrected chi connectivity index (χ1v) is 15.0. The lowest BCUT2D eigenvalue weighted by Gasteiger charge is -2.34. The van der Waals surface area contributed by atoms with Gasteiger partial charge in [0.05, 0.1) is 11.5 Å². The molecule has 3 aliphatic rings. The third-order valence-corrected chi connectivity index (χ3v) is 10.3. The predicted molar refractivity (Wildman–Crippen MR) is 148 cm³/mol. The maximum absolute atomic E-state index is 13.9. The lowest BCUT2D eigenvalue weighted by Crippen LogP contribution is -2.42. The average Bonchev–Trinajstić information content (AvgIpc) is 3.50. The lowest BCUT2D eigenvalue weighted by atomic mass is 9.95. The highest BCUT2D eigenvalue weighted by atomic mass is 35.5. The van der Waals surface area contributed by atoms with Gasteiger partial charge in [-0.15, -0.1) is 12.4 Å². The van der Waals surface area contributed by atoms with Gasteiger partial charge in [0.2, 0.25) is 10.0 Å². The number of likely N-dealkylation sites (tertiary alicyclic amines) is 1. The smallest absolute Gasteiger partial charge is 0.243 e. The summed E-state index contributed by atoms with van der Waals surface area (Å²) in [7, 11) is -3.67. The van der Waals surface area contributed by atoms with Crippen LogP contribution in [-0.2, 0) is 16.6 Å². The summed E-state index contributed by atoms with van der Waals surface area (Å²) in [6.45, 7) is 4.42. The number of benzene rings is 2. The first-order chi connectivity index (χ1) is 17.0. The van der Waals surface area contributed by atoms with Gasteiger partial charge in [0.25, 0.3) is 0 Å². The van der Waals surface area contributed by atoms with E-state index in [-0.39, 0.29) is 18.4 Å². The van der Waals surface area contributed by atoms with Gasteiger partial charge >= 0.3 is 0 Å². The number of hydrogen-bond acceptors (Lipinski definition) is 4. The van der Waals surface area contributed by atoms with Crippen LogP contribution in [0.3, 0.4) is 0 Å². The van der Waals surface area contributed by atoms with Gasteiger partial charge in [-0.05, 0) is 93.8 Å². The summed E-state index contributed by atoms with van der Waals surface area (Å²) in [5.74, 6) is 1.89. The SMILES string of the molecule is Cl.O=S(=O)(c1ccc(Cl)cc1)N(Cc1ccccc1OCCCN1CCCCC1)[C@H]1CC2CCC1C2. The summed E-state index contributed by atoms with van der Waals surface area (Å²) in [6, 6.07) is 14.5. The number of rotatable bonds is 10. The molecule has 3 fully saturated rings. The zero-order valence-corrected chi connectivity index (χ0v) is 23.2. The molecule has 0 amide bonds. The summed E-state index contributed by atoms with van der Waals surface area (Å²) in [5, 5.41) is 0.540. The van der Waals surface area contributed by atoms with E-state index in [4.69, 9.17) is 16.3 Å². The summed E-state index contributed by atoms with van der Waals surface area (Å²) in [4.78, 5) is 2.83. The minimum Gasteiger partial charge on any atom is -0.493 e. The monoisotopic (exact) mass is 552 g/mol. The average molecular weight is 554 g/mol. The number of hydrogen-bond donors (Lipinski definition) is 0. The number of ether oxygens (including phenoxy) is 1. The Bertz CT molecular complexity index is 1090. The number of para-hydroxylation sites is 1. The fourth-order valence-electron chi connectivity index (χ4n) is 6.28. The zero-order valence-electron chi connectivity index (χ0n) is 20.9. The Hall–Kier alpha value is -1.31. The van der Waals surface area contributed by atoms with E-state index in [1.165, 1.54) is 38.8 Å². The van der Waals surface area contributed by atoms with E-state index < -0.39 is 10.0 Å². The summed E-state index contributed by atoms with van der Waals surface area (Å²) in [5.41, 5.74) is 0.936. The van der Waals surface area contributed by atoms with Crippen LogP contribution in [0, 0.1) is 11.8 Å². The molecule has 0 aromatic heterocycles. The van der Waals surface area contributed by atoms with E-state index in [9.17, 15) is 8.42 Å². The molecule has 2 bridgehead atoms. The number of sulfonamides is 1. The molecule has 2 aromatic carbocycles. The fourth-order valence-corrected chi connectivity index (χ4v) is 8.08. The van der Waals surface area contributed by atoms with Gasteiger partial charge in [-0.3, -0.25) is 0 Å². The molecule has 5 rings (SSSR count). The Labute approximate surface area is 227 Å². The highest BCUT2D eigenvalue weighted by molar-refractivity contribution is 7.89. The van der Waals surface area contributed by atoms with Crippen LogP contribution >= 0.6 is 24.0 Å². The molecule has 3 atom stereocenters. The van der Waals surface area contributed by atoms with E-state index in [0.717, 1.165) is 43.5 Å². The number of nitrogens with zero attached hydrogens (tertiary/aromatic N) is 2. The molecule has 1 aliphatic heterocycles. The van der Waals surface area contributed by atoms with Gasteiger partial charge in [-0.25, -0.2) is 8.42 Å². The Morgan fingerprint density at radius 1 is 0.972 bits per heavy atom. The second-order valence-corrected chi connectivity index (χ2v) is 12.8. The zero-order chi connectivity index (χ0) is 24.3. The highest BCUT2D eigenvalue weighted by Crippen LogP contribution is 2.48. The van der Waals surface area contributed by atoms with Gasteiger partial charge in [0.1, 0.15) is 5.75 Å². The first-order valence-electron chi connectivity index (χ1n) is 13.2. The molecule has 1 heterocycles. The van der Waals surface area contributed by atoms with E-state index in [2.05, 4.69) is 4.90 Å². The predicted octanol–water partition coefficient (Wildman–Crippen LogP) is 6.40. The molecular weight excluding hydrogens is 515 g/mol. The molecule has 1 saturated heterocycles. The summed E-state index contributed by atoms with van der Waals surface area (Å²) in [6.07, 6.45) is 9.37. The molecule has 0 spiro atoms. The van der Waals surface area contributed by atoms with Crippen molar-refractivity contribution in [1.29, 1.82) is 0 Å². The van der Waals surface area contributed by atoms with Crippen molar-refractivity contribution in [3.8, 4) is 5.75 Å². The van der Waals surface area contributed by atoms with Crippen LogP contribution in [0.4, 0.5) is 0 Å². The van der Waals surface area contributed by atoms with Gasteiger partial charge in [0, 0.05) is 29.7 Å². The lowest BCUT2D eigenvalue weighted by molar-refractivity contribution is 0.202. The van der Waals surface area contributed by atoms with Crippen LogP contribution in [0.15, 0.2) is 53.4 Å². The van der Waals surface area contributed by atoms with E-state index in [0.29, 0.717) is 34.9 Å². The first kappa shape index (κ1) is 27.7. The summed E-state index contributed by atoms with van der Waals surface area (Å²) >= 11 is 6.05. The van der Waals surface area contributed by atoms with Crippen molar-refractivity contribution in [3.05, 3.63) is 59.1 Å². The van der Waals surface area contributed by atoms with E-state index in [1.54, 1.807) is 28.6 Å².